The molecule has 2 amide bonds. The number of amides is 2. The summed E-state index contributed by atoms with van der Waals surface area (Å²) < 4.78 is 25.3. The van der Waals surface area contributed by atoms with E-state index >= 15 is 0 Å². The largest absolute Gasteiger partial charge is 0.490 e. The first-order valence-electron chi connectivity index (χ1n) is 10.1. The van der Waals surface area contributed by atoms with Gasteiger partial charge in [0.05, 0.1) is 16.5 Å². The van der Waals surface area contributed by atoms with E-state index in [2.05, 4.69) is 0 Å². The number of rotatable bonds is 8. The van der Waals surface area contributed by atoms with Crippen molar-refractivity contribution in [2.24, 2.45) is 0 Å². The highest BCUT2D eigenvalue weighted by Crippen LogP contribution is 2.34. The summed E-state index contributed by atoms with van der Waals surface area (Å²) in [5, 5.41) is 0.0808. The van der Waals surface area contributed by atoms with Crippen molar-refractivity contribution in [2.75, 3.05) is 13.2 Å². The molecular weight excluding hydrogens is 465 g/mol. The van der Waals surface area contributed by atoms with Crippen LogP contribution in [0.1, 0.15) is 11.1 Å². The molecule has 0 saturated carbocycles. The Morgan fingerprint density at radius 2 is 1.61 bits per heavy atom. The molecule has 0 aliphatic carbocycles. The maximum atomic E-state index is 13.9. The van der Waals surface area contributed by atoms with E-state index in [1.54, 1.807) is 72.8 Å². The summed E-state index contributed by atoms with van der Waals surface area (Å²) >= 11 is 6.91. The Hall–Kier alpha value is -3.29. The molecule has 4 rings (SSSR count). The first-order valence-corrected chi connectivity index (χ1v) is 11.3. The fourth-order valence-electron chi connectivity index (χ4n) is 3.14. The molecule has 1 saturated heterocycles. The number of carbonyl (C=O) groups excluding carboxylic acids is 2. The fourth-order valence-corrected chi connectivity index (χ4v) is 4.19. The van der Waals surface area contributed by atoms with Crippen LogP contribution in [-0.4, -0.2) is 29.2 Å². The highest BCUT2D eigenvalue weighted by atomic mass is 35.5. The highest BCUT2D eigenvalue weighted by Gasteiger charge is 2.35. The Bertz CT molecular complexity index is 1220. The number of carbonyl (C=O) groups is 2. The predicted octanol–water partition coefficient (Wildman–Crippen LogP) is 6.17. The van der Waals surface area contributed by atoms with Crippen molar-refractivity contribution in [1.82, 2.24) is 4.90 Å². The Balaban J connectivity index is 1.43. The van der Waals surface area contributed by atoms with Crippen LogP contribution in [0.15, 0.2) is 77.7 Å². The quantitative estimate of drug-likeness (QED) is 0.358. The number of nitrogens with zero attached hydrogens (tertiary/aromatic N) is 1. The SMILES string of the molecule is O=C1S/C(=C\c2ccccc2OCc2ccccc2F)C(=O)N1CCOc1ccccc1Cl. The van der Waals surface area contributed by atoms with E-state index in [0.717, 1.165) is 16.7 Å². The summed E-state index contributed by atoms with van der Waals surface area (Å²) in [6.45, 7) is 0.258. The van der Waals surface area contributed by atoms with Crippen LogP contribution >= 0.6 is 23.4 Å². The maximum absolute atomic E-state index is 13.9. The second-order valence-electron chi connectivity index (χ2n) is 7.03. The van der Waals surface area contributed by atoms with Gasteiger partial charge in [0.25, 0.3) is 11.1 Å². The van der Waals surface area contributed by atoms with Gasteiger partial charge in [-0.2, -0.15) is 0 Å². The van der Waals surface area contributed by atoms with Crippen LogP contribution in [0, 0.1) is 5.82 Å². The van der Waals surface area contributed by atoms with Crippen LogP contribution in [0.4, 0.5) is 9.18 Å². The lowest BCUT2D eigenvalue weighted by Gasteiger charge is -2.14. The second kappa shape index (κ2) is 10.6. The van der Waals surface area contributed by atoms with Crippen LogP contribution in [0.3, 0.4) is 0 Å². The van der Waals surface area contributed by atoms with Gasteiger partial charge in [-0.1, -0.05) is 60.1 Å². The normalized spacial score (nSPS) is 14.7. The van der Waals surface area contributed by atoms with Crippen LogP contribution in [0.25, 0.3) is 6.08 Å². The van der Waals surface area contributed by atoms with E-state index < -0.39 is 5.91 Å². The van der Waals surface area contributed by atoms with E-state index in [9.17, 15) is 14.0 Å². The van der Waals surface area contributed by atoms with Crippen molar-refractivity contribution < 1.29 is 23.5 Å². The lowest BCUT2D eigenvalue weighted by atomic mass is 10.1. The summed E-state index contributed by atoms with van der Waals surface area (Å²) in [7, 11) is 0. The molecule has 0 N–H and O–H groups in total. The zero-order valence-corrected chi connectivity index (χ0v) is 18.9. The van der Waals surface area contributed by atoms with Crippen LogP contribution in [0.5, 0.6) is 11.5 Å². The van der Waals surface area contributed by atoms with Gasteiger partial charge in [0.2, 0.25) is 0 Å². The number of ether oxygens (including phenoxy) is 2. The predicted molar refractivity (Wildman–Crippen MR) is 127 cm³/mol. The smallest absolute Gasteiger partial charge is 0.293 e. The van der Waals surface area contributed by atoms with E-state index in [0.29, 0.717) is 27.6 Å². The van der Waals surface area contributed by atoms with Crippen LogP contribution in [-0.2, 0) is 11.4 Å². The Morgan fingerprint density at radius 3 is 2.39 bits per heavy atom. The first-order chi connectivity index (χ1) is 16.0. The van der Waals surface area contributed by atoms with E-state index in [1.165, 1.54) is 6.07 Å². The molecule has 33 heavy (non-hydrogen) atoms. The molecule has 3 aromatic carbocycles. The maximum Gasteiger partial charge on any atom is 0.293 e. The summed E-state index contributed by atoms with van der Waals surface area (Å²) in [5.41, 5.74) is 1.04. The van der Waals surface area contributed by atoms with Crippen molar-refractivity contribution in [2.45, 2.75) is 6.61 Å². The lowest BCUT2D eigenvalue weighted by Crippen LogP contribution is -2.32. The number of benzene rings is 3. The average Bonchev–Trinajstić information content (AvgIpc) is 3.08. The standard InChI is InChI=1S/C25H19ClFNO4S/c26-19-9-3-6-12-22(19)31-14-13-28-24(29)23(33-25(28)30)15-17-7-2-5-11-21(17)32-16-18-8-1-4-10-20(18)27/h1-12,15H,13-14,16H2/b23-15-. The van der Waals surface area contributed by atoms with Gasteiger partial charge in [-0.3, -0.25) is 14.5 Å². The zero-order chi connectivity index (χ0) is 23.2. The van der Waals surface area contributed by atoms with Gasteiger partial charge in [0.1, 0.15) is 30.5 Å². The molecule has 0 unspecified atom stereocenters. The van der Waals surface area contributed by atoms with Crippen molar-refractivity contribution in [3.05, 3.63) is 99.7 Å². The molecule has 3 aromatic rings. The van der Waals surface area contributed by atoms with Gasteiger partial charge in [-0.25, -0.2) is 4.39 Å². The molecule has 1 heterocycles. The van der Waals surface area contributed by atoms with E-state index in [4.69, 9.17) is 21.1 Å². The second-order valence-corrected chi connectivity index (χ2v) is 8.43. The molecule has 0 radical (unpaired) electrons. The molecule has 0 aromatic heterocycles. The minimum Gasteiger partial charge on any atom is -0.490 e. The summed E-state index contributed by atoms with van der Waals surface area (Å²) in [5.74, 6) is 0.212. The Morgan fingerprint density at radius 1 is 0.909 bits per heavy atom. The Kier molecular flexibility index (Phi) is 7.32. The molecule has 0 atom stereocenters. The molecule has 5 nitrogen and oxygen atoms in total. The lowest BCUT2D eigenvalue weighted by molar-refractivity contribution is -0.123. The molecule has 168 valence electrons. The molecule has 1 fully saturated rings. The van der Waals surface area contributed by atoms with E-state index in [-0.39, 0.29) is 35.7 Å². The summed E-state index contributed by atoms with van der Waals surface area (Å²) in [4.78, 5) is 26.6. The molecule has 1 aliphatic rings. The van der Waals surface area contributed by atoms with Gasteiger partial charge in [0, 0.05) is 11.1 Å². The third-order valence-electron chi connectivity index (χ3n) is 4.83. The van der Waals surface area contributed by atoms with Gasteiger partial charge in [-0.15, -0.1) is 0 Å². The minimum atomic E-state index is -0.406. The van der Waals surface area contributed by atoms with Crippen molar-refractivity contribution in [3.63, 3.8) is 0 Å². The average molecular weight is 484 g/mol. The first kappa shape index (κ1) is 22.9. The third-order valence-corrected chi connectivity index (χ3v) is 6.05. The fraction of sp³-hybridized carbons (Fsp3) is 0.120. The van der Waals surface area contributed by atoms with Gasteiger partial charge in [-0.05, 0) is 42.1 Å². The number of halogens is 2. The summed E-state index contributed by atoms with van der Waals surface area (Å²) in [6, 6.07) is 20.4. The van der Waals surface area contributed by atoms with Crippen molar-refractivity contribution in [3.8, 4) is 11.5 Å². The van der Waals surface area contributed by atoms with Gasteiger partial charge in [0.15, 0.2) is 0 Å². The minimum absolute atomic E-state index is 0.0401. The molecule has 8 heteroatoms. The number of imide groups is 1. The molecule has 0 spiro atoms. The van der Waals surface area contributed by atoms with Gasteiger partial charge >= 0.3 is 0 Å². The number of thioether (sulfide) groups is 1. The topological polar surface area (TPSA) is 55.8 Å². The Labute approximate surface area is 199 Å². The molecule has 0 bridgehead atoms. The number of hydrogen-bond donors (Lipinski definition) is 0. The van der Waals surface area contributed by atoms with Gasteiger partial charge < -0.3 is 9.47 Å². The van der Waals surface area contributed by atoms with Crippen molar-refractivity contribution in [1.29, 1.82) is 0 Å². The van der Waals surface area contributed by atoms with Crippen molar-refractivity contribution >= 4 is 40.6 Å². The molecule has 1 aliphatic heterocycles. The highest BCUT2D eigenvalue weighted by molar-refractivity contribution is 8.18. The monoisotopic (exact) mass is 483 g/mol. The van der Waals surface area contributed by atoms with Crippen LogP contribution < -0.4 is 9.47 Å². The third kappa shape index (κ3) is 5.56. The van der Waals surface area contributed by atoms with Crippen LogP contribution in [0.2, 0.25) is 5.02 Å². The summed E-state index contributed by atoms with van der Waals surface area (Å²) in [6.07, 6.45) is 1.61. The number of para-hydroxylation sites is 2. The zero-order valence-electron chi connectivity index (χ0n) is 17.4. The van der Waals surface area contributed by atoms with E-state index in [1.807, 2.05) is 0 Å². The molecular formula is C25H19ClFNO4S. The number of hydrogen-bond acceptors (Lipinski definition) is 5.